The summed E-state index contributed by atoms with van der Waals surface area (Å²) < 4.78 is 33.1. The highest BCUT2D eigenvalue weighted by molar-refractivity contribution is 7.92. The maximum atomic E-state index is 13.4. The van der Waals surface area contributed by atoms with Gasteiger partial charge in [0, 0.05) is 6.04 Å². The maximum absolute atomic E-state index is 13.4. The average Bonchev–Trinajstić information content (AvgIpc) is 3.01. The summed E-state index contributed by atoms with van der Waals surface area (Å²) in [5, 5.41) is 3.05. The molecule has 0 radical (unpaired) electrons. The molecule has 0 unspecified atom stereocenters. The highest BCUT2D eigenvalue weighted by Crippen LogP contribution is 2.25. The predicted octanol–water partition coefficient (Wildman–Crippen LogP) is 4.04. The normalized spacial score (nSPS) is 15.3. The number of carbonyl (C=O) groups is 1. The lowest BCUT2D eigenvalue weighted by atomic mass is 10.1. The zero-order valence-corrected chi connectivity index (χ0v) is 18.5. The molecule has 162 valence electrons. The lowest BCUT2D eigenvalue weighted by molar-refractivity contribution is -0.120. The average molecular weight is 431 g/mol. The van der Waals surface area contributed by atoms with Crippen LogP contribution >= 0.6 is 0 Å². The summed E-state index contributed by atoms with van der Waals surface area (Å²) in [7, 11) is -2.39. The number of benzene rings is 2. The van der Waals surface area contributed by atoms with Crippen molar-refractivity contribution in [3.63, 3.8) is 0 Å². The van der Waals surface area contributed by atoms with Gasteiger partial charge in [0.25, 0.3) is 10.0 Å². The molecule has 0 aromatic heterocycles. The van der Waals surface area contributed by atoms with Crippen LogP contribution in [0.3, 0.4) is 0 Å². The van der Waals surface area contributed by atoms with E-state index in [-0.39, 0.29) is 23.4 Å². The van der Waals surface area contributed by atoms with Gasteiger partial charge in [-0.25, -0.2) is 8.42 Å². The second kappa shape index (κ2) is 9.98. The van der Waals surface area contributed by atoms with Gasteiger partial charge in [-0.15, -0.1) is 0 Å². The lowest BCUT2D eigenvalue weighted by Crippen LogP contribution is -2.44. The van der Waals surface area contributed by atoms with E-state index in [9.17, 15) is 13.2 Å². The van der Waals surface area contributed by atoms with Gasteiger partial charge in [-0.1, -0.05) is 43.4 Å². The molecular weight excluding hydrogens is 400 g/mol. The third-order valence-corrected chi connectivity index (χ3v) is 7.26. The lowest BCUT2D eigenvalue weighted by Gasteiger charge is -2.25. The second-order valence-corrected chi connectivity index (χ2v) is 9.64. The Morgan fingerprint density at radius 2 is 1.60 bits per heavy atom. The molecule has 0 aliphatic heterocycles. The highest BCUT2D eigenvalue weighted by atomic mass is 32.2. The van der Waals surface area contributed by atoms with E-state index in [0.717, 1.165) is 31.2 Å². The molecule has 0 spiro atoms. The Hall–Kier alpha value is -2.54. The zero-order chi connectivity index (χ0) is 21.6. The van der Waals surface area contributed by atoms with Crippen molar-refractivity contribution in [1.82, 2.24) is 5.32 Å². The van der Waals surface area contributed by atoms with Crippen molar-refractivity contribution < 1.29 is 17.9 Å². The number of aryl methyl sites for hydroxylation is 1. The molecule has 2 aromatic carbocycles. The summed E-state index contributed by atoms with van der Waals surface area (Å²) in [5.74, 6) is 0.293. The first-order valence-corrected chi connectivity index (χ1v) is 11.9. The molecule has 0 heterocycles. The number of sulfonamides is 1. The first kappa shape index (κ1) is 22.2. The van der Waals surface area contributed by atoms with Crippen molar-refractivity contribution in [3.8, 4) is 5.75 Å². The van der Waals surface area contributed by atoms with Crippen LogP contribution in [-0.4, -0.2) is 34.0 Å². The standard InChI is InChI=1S/C23H30N2O4S/c1-18-9-11-20(12-10-18)25(17-23(26)24-19-7-5-3-4-6-8-19)30(27,28)22-15-13-21(29-2)14-16-22/h9-16,19H,3-8,17H2,1-2H3,(H,24,26). The smallest absolute Gasteiger partial charge is 0.264 e. The van der Waals surface area contributed by atoms with Gasteiger partial charge in [-0.3, -0.25) is 9.10 Å². The fraction of sp³-hybridized carbons (Fsp3) is 0.435. The van der Waals surface area contributed by atoms with Crippen molar-refractivity contribution in [2.45, 2.75) is 56.4 Å². The summed E-state index contributed by atoms with van der Waals surface area (Å²) in [6.07, 6.45) is 6.46. The summed E-state index contributed by atoms with van der Waals surface area (Å²) in [6.45, 7) is 1.68. The minimum atomic E-state index is -3.92. The van der Waals surface area contributed by atoms with Crippen LogP contribution < -0.4 is 14.4 Å². The van der Waals surface area contributed by atoms with Crippen LogP contribution in [0.1, 0.15) is 44.1 Å². The number of amides is 1. The summed E-state index contributed by atoms with van der Waals surface area (Å²) in [6, 6.07) is 13.5. The molecule has 1 fully saturated rings. The fourth-order valence-electron chi connectivity index (χ4n) is 3.73. The molecule has 0 saturated heterocycles. The molecule has 0 bridgehead atoms. The Bertz CT molecular complexity index is 932. The first-order valence-electron chi connectivity index (χ1n) is 10.4. The molecule has 2 aromatic rings. The number of anilines is 1. The summed E-state index contributed by atoms with van der Waals surface area (Å²) in [5.41, 5.74) is 1.48. The van der Waals surface area contributed by atoms with Crippen LogP contribution in [-0.2, 0) is 14.8 Å². The largest absolute Gasteiger partial charge is 0.497 e. The third-order valence-electron chi connectivity index (χ3n) is 5.48. The second-order valence-electron chi connectivity index (χ2n) is 7.78. The van der Waals surface area contributed by atoms with Crippen LogP contribution in [0.15, 0.2) is 53.4 Å². The Balaban J connectivity index is 1.85. The minimum Gasteiger partial charge on any atom is -0.497 e. The van der Waals surface area contributed by atoms with E-state index in [1.54, 1.807) is 24.3 Å². The zero-order valence-electron chi connectivity index (χ0n) is 17.6. The summed E-state index contributed by atoms with van der Waals surface area (Å²) in [4.78, 5) is 12.9. The van der Waals surface area contributed by atoms with Crippen molar-refractivity contribution in [3.05, 3.63) is 54.1 Å². The van der Waals surface area contributed by atoms with Gasteiger partial charge < -0.3 is 10.1 Å². The first-order chi connectivity index (χ1) is 14.4. The van der Waals surface area contributed by atoms with E-state index in [1.165, 1.54) is 36.4 Å². The Labute approximate surface area is 179 Å². The molecule has 3 rings (SSSR count). The van der Waals surface area contributed by atoms with E-state index in [4.69, 9.17) is 4.74 Å². The number of hydrogen-bond acceptors (Lipinski definition) is 4. The predicted molar refractivity (Wildman–Crippen MR) is 118 cm³/mol. The molecule has 1 aliphatic rings. The maximum Gasteiger partial charge on any atom is 0.264 e. The van der Waals surface area contributed by atoms with Gasteiger partial charge in [0.15, 0.2) is 0 Å². The van der Waals surface area contributed by atoms with Crippen molar-refractivity contribution >= 4 is 21.6 Å². The number of methoxy groups -OCH3 is 1. The van der Waals surface area contributed by atoms with Crippen molar-refractivity contribution in [2.75, 3.05) is 18.0 Å². The van der Waals surface area contributed by atoms with Gasteiger partial charge in [0.1, 0.15) is 12.3 Å². The van der Waals surface area contributed by atoms with E-state index < -0.39 is 10.0 Å². The Morgan fingerprint density at radius 1 is 1.00 bits per heavy atom. The highest BCUT2D eigenvalue weighted by Gasteiger charge is 2.28. The fourth-order valence-corrected chi connectivity index (χ4v) is 5.15. The quantitative estimate of drug-likeness (QED) is 0.673. The molecule has 0 atom stereocenters. The van der Waals surface area contributed by atoms with Gasteiger partial charge >= 0.3 is 0 Å². The van der Waals surface area contributed by atoms with E-state index in [2.05, 4.69) is 5.32 Å². The number of nitrogens with zero attached hydrogens (tertiary/aromatic N) is 1. The van der Waals surface area contributed by atoms with Gasteiger partial charge in [-0.2, -0.15) is 0 Å². The third kappa shape index (κ3) is 5.53. The number of ether oxygens (including phenoxy) is 1. The van der Waals surface area contributed by atoms with Crippen LogP contribution in [0.4, 0.5) is 5.69 Å². The number of rotatable bonds is 7. The minimum absolute atomic E-state index is 0.114. The monoisotopic (exact) mass is 430 g/mol. The van der Waals surface area contributed by atoms with Crippen LogP contribution in [0.5, 0.6) is 5.75 Å². The van der Waals surface area contributed by atoms with E-state index in [1.807, 2.05) is 19.1 Å². The number of carbonyl (C=O) groups excluding carboxylic acids is 1. The molecule has 7 heteroatoms. The van der Waals surface area contributed by atoms with Gasteiger partial charge in [0.05, 0.1) is 17.7 Å². The van der Waals surface area contributed by atoms with Crippen molar-refractivity contribution in [2.24, 2.45) is 0 Å². The van der Waals surface area contributed by atoms with E-state index in [0.29, 0.717) is 11.4 Å². The number of hydrogen-bond donors (Lipinski definition) is 1. The molecule has 1 saturated carbocycles. The van der Waals surface area contributed by atoms with Crippen LogP contribution in [0.25, 0.3) is 0 Å². The molecule has 6 nitrogen and oxygen atoms in total. The van der Waals surface area contributed by atoms with Crippen LogP contribution in [0.2, 0.25) is 0 Å². The summed E-state index contributed by atoms with van der Waals surface area (Å²) >= 11 is 0. The van der Waals surface area contributed by atoms with E-state index >= 15 is 0 Å². The van der Waals surface area contributed by atoms with Gasteiger partial charge in [0.2, 0.25) is 5.91 Å². The Kier molecular flexibility index (Phi) is 7.37. The van der Waals surface area contributed by atoms with Gasteiger partial charge in [-0.05, 0) is 56.2 Å². The SMILES string of the molecule is COc1ccc(S(=O)(=O)N(CC(=O)NC2CCCCCC2)c2ccc(C)cc2)cc1. The van der Waals surface area contributed by atoms with Crippen molar-refractivity contribution in [1.29, 1.82) is 0 Å². The van der Waals surface area contributed by atoms with Crippen LogP contribution in [0, 0.1) is 6.92 Å². The molecule has 1 amide bonds. The molecular formula is C23H30N2O4S. The number of nitrogens with one attached hydrogen (secondary N) is 1. The topological polar surface area (TPSA) is 75.7 Å². The molecule has 30 heavy (non-hydrogen) atoms. The molecule has 1 N–H and O–H groups in total. The Morgan fingerprint density at radius 3 is 2.17 bits per heavy atom. The molecule has 1 aliphatic carbocycles.